The zero-order valence-corrected chi connectivity index (χ0v) is 13.8. The fourth-order valence-electron chi connectivity index (χ4n) is 1.61. The molecular weight excluding hydrogens is 361 g/mol. The van der Waals surface area contributed by atoms with Gasteiger partial charge in [-0.1, -0.05) is 17.7 Å². The Morgan fingerprint density at radius 1 is 1.24 bits per heavy atom. The van der Waals surface area contributed by atoms with Crippen LogP contribution in [0.3, 0.4) is 0 Å². The van der Waals surface area contributed by atoms with Crippen LogP contribution in [0.15, 0.2) is 42.6 Å². The number of nitrogens with two attached hydrogens (primary N) is 1. The largest absolute Gasteiger partial charge is 0.462 e. The van der Waals surface area contributed by atoms with Crippen molar-refractivity contribution in [1.82, 2.24) is 4.98 Å². The first-order valence-electron chi connectivity index (χ1n) is 6.91. The van der Waals surface area contributed by atoms with Gasteiger partial charge in [-0.2, -0.15) is 13.2 Å². The van der Waals surface area contributed by atoms with E-state index in [1.54, 1.807) is 13.0 Å². The Morgan fingerprint density at radius 3 is 2.40 bits per heavy atom. The molecule has 0 radical (unpaired) electrons. The summed E-state index contributed by atoms with van der Waals surface area (Å²) in [7, 11) is 0. The maximum atomic E-state index is 12.3. The number of primary amides is 1. The van der Waals surface area contributed by atoms with Gasteiger partial charge in [-0.3, -0.25) is 4.79 Å². The predicted octanol–water partition coefficient (Wildman–Crippen LogP) is 3.72. The van der Waals surface area contributed by atoms with Gasteiger partial charge in [0.05, 0.1) is 23.3 Å². The number of halogens is 4. The van der Waals surface area contributed by atoms with Gasteiger partial charge >= 0.3 is 12.1 Å². The molecule has 0 saturated carbocycles. The van der Waals surface area contributed by atoms with Crippen LogP contribution < -0.4 is 5.73 Å². The fourth-order valence-corrected chi connectivity index (χ4v) is 1.82. The molecule has 0 aliphatic rings. The second-order valence-electron chi connectivity index (χ2n) is 4.51. The lowest BCUT2D eigenvalue weighted by Crippen LogP contribution is -2.11. The number of benzene rings is 1. The van der Waals surface area contributed by atoms with E-state index in [1.807, 2.05) is 0 Å². The predicted molar refractivity (Wildman–Crippen MR) is 85.2 cm³/mol. The van der Waals surface area contributed by atoms with Crippen molar-refractivity contribution in [2.24, 2.45) is 5.73 Å². The third kappa shape index (κ3) is 6.42. The van der Waals surface area contributed by atoms with Gasteiger partial charge in [0.25, 0.3) is 5.91 Å². The number of pyridine rings is 1. The Bertz CT molecular complexity index is 751. The Labute approximate surface area is 146 Å². The lowest BCUT2D eigenvalue weighted by molar-refractivity contribution is -0.137. The molecule has 0 saturated heterocycles. The van der Waals surface area contributed by atoms with Crippen LogP contribution >= 0.6 is 11.6 Å². The number of hydrogen-bond acceptors (Lipinski definition) is 4. The number of esters is 1. The van der Waals surface area contributed by atoms with Crippen molar-refractivity contribution in [1.29, 1.82) is 0 Å². The van der Waals surface area contributed by atoms with Crippen LogP contribution in [0.2, 0.25) is 5.15 Å². The summed E-state index contributed by atoms with van der Waals surface area (Å²) in [4.78, 5) is 25.3. The molecule has 134 valence electrons. The van der Waals surface area contributed by atoms with Crippen LogP contribution in [0.25, 0.3) is 0 Å². The van der Waals surface area contributed by atoms with Crippen molar-refractivity contribution >= 4 is 23.5 Å². The number of nitrogens with zero attached hydrogens (tertiary/aromatic N) is 1. The standard InChI is InChI=1S/C10H9F3O2.C6H5ClN2O/c1-2-15-9(14)7-4-3-5-8(6-7)10(11,12)13;7-5-4(6(8)10)2-1-3-9-5/h3-6H,2H2,1H3;1-3H,(H2,8,10). The lowest BCUT2D eigenvalue weighted by Gasteiger charge is -2.07. The van der Waals surface area contributed by atoms with Crippen molar-refractivity contribution in [3.05, 3.63) is 64.4 Å². The molecule has 0 unspecified atom stereocenters. The zero-order valence-electron chi connectivity index (χ0n) is 13.0. The average Bonchev–Trinajstić information content (AvgIpc) is 2.55. The van der Waals surface area contributed by atoms with Gasteiger partial charge in [-0.05, 0) is 37.3 Å². The molecule has 0 bridgehead atoms. The summed E-state index contributed by atoms with van der Waals surface area (Å²) in [5.74, 6) is -1.30. The molecule has 0 fully saturated rings. The highest BCUT2D eigenvalue weighted by Gasteiger charge is 2.30. The molecule has 0 atom stereocenters. The minimum Gasteiger partial charge on any atom is -0.462 e. The fraction of sp³-hybridized carbons (Fsp3) is 0.188. The third-order valence-corrected chi connectivity index (χ3v) is 3.03. The van der Waals surface area contributed by atoms with E-state index >= 15 is 0 Å². The number of carbonyl (C=O) groups is 2. The van der Waals surface area contributed by atoms with Crippen molar-refractivity contribution in [3.8, 4) is 0 Å². The van der Waals surface area contributed by atoms with Crippen LogP contribution in [0, 0.1) is 0 Å². The summed E-state index contributed by atoms with van der Waals surface area (Å²) in [6.07, 6.45) is -2.95. The topological polar surface area (TPSA) is 82.3 Å². The quantitative estimate of drug-likeness (QED) is 0.655. The summed E-state index contributed by atoms with van der Waals surface area (Å²) in [5.41, 5.74) is 4.26. The monoisotopic (exact) mass is 374 g/mol. The van der Waals surface area contributed by atoms with Crippen LogP contribution in [-0.2, 0) is 10.9 Å². The second kappa shape index (κ2) is 9.03. The van der Waals surface area contributed by atoms with Crippen molar-refractivity contribution in [2.75, 3.05) is 6.61 Å². The number of alkyl halides is 3. The van der Waals surface area contributed by atoms with Gasteiger partial charge < -0.3 is 10.5 Å². The maximum Gasteiger partial charge on any atom is 0.416 e. The summed E-state index contributed by atoms with van der Waals surface area (Å²) < 4.78 is 41.4. The Balaban J connectivity index is 0.000000271. The third-order valence-electron chi connectivity index (χ3n) is 2.73. The molecule has 0 aliphatic heterocycles. The summed E-state index contributed by atoms with van der Waals surface area (Å²) >= 11 is 5.51. The highest BCUT2D eigenvalue weighted by atomic mass is 35.5. The van der Waals surface area contributed by atoms with Gasteiger partial charge in [0, 0.05) is 6.20 Å². The molecule has 0 spiro atoms. The zero-order chi connectivity index (χ0) is 19.0. The van der Waals surface area contributed by atoms with Crippen molar-refractivity contribution < 1.29 is 27.5 Å². The molecule has 2 rings (SSSR count). The summed E-state index contributed by atoms with van der Waals surface area (Å²) in [6.45, 7) is 1.72. The molecule has 9 heteroatoms. The summed E-state index contributed by atoms with van der Waals surface area (Å²) in [6, 6.07) is 7.27. The maximum absolute atomic E-state index is 12.3. The highest BCUT2D eigenvalue weighted by Crippen LogP contribution is 2.29. The van der Waals surface area contributed by atoms with E-state index in [4.69, 9.17) is 17.3 Å². The Hall–Kier alpha value is -2.61. The Morgan fingerprint density at radius 2 is 1.92 bits per heavy atom. The van der Waals surface area contributed by atoms with Gasteiger partial charge in [0.2, 0.25) is 0 Å². The van der Waals surface area contributed by atoms with Crippen LogP contribution in [0.5, 0.6) is 0 Å². The van der Waals surface area contributed by atoms with Gasteiger partial charge in [-0.15, -0.1) is 0 Å². The van der Waals surface area contributed by atoms with Crippen molar-refractivity contribution in [3.63, 3.8) is 0 Å². The van der Waals surface area contributed by atoms with E-state index in [2.05, 4.69) is 9.72 Å². The minimum absolute atomic E-state index is 0.0910. The van der Waals surface area contributed by atoms with Crippen molar-refractivity contribution in [2.45, 2.75) is 13.1 Å². The highest BCUT2D eigenvalue weighted by molar-refractivity contribution is 6.32. The van der Waals surface area contributed by atoms with E-state index in [-0.39, 0.29) is 22.9 Å². The molecule has 25 heavy (non-hydrogen) atoms. The average molecular weight is 375 g/mol. The second-order valence-corrected chi connectivity index (χ2v) is 4.86. The molecule has 2 aromatic rings. The number of rotatable bonds is 3. The van der Waals surface area contributed by atoms with E-state index in [0.717, 1.165) is 12.1 Å². The lowest BCUT2D eigenvalue weighted by atomic mass is 10.1. The first-order chi connectivity index (χ1) is 11.7. The van der Waals surface area contributed by atoms with Crippen LogP contribution in [0.4, 0.5) is 13.2 Å². The molecule has 1 amide bonds. The summed E-state index contributed by atoms with van der Waals surface area (Å²) in [5, 5.41) is 0.148. The molecule has 5 nitrogen and oxygen atoms in total. The number of aromatic nitrogens is 1. The number of hydrogen-bond donors (Lipinski definition) is 1. The van der Waals surface area contributed by atoms with E-state index < -0.39 is 23.6 Å². The first-order valence-corrected chi connectivity index (χ1v) is 7.29. The normalized spacial score (nSPS) is 10.4. The van der Waals surface area contributed by atoms with Crippen LogP contribution in [0.1, 0.15) is 33.2 Å². The van der Waals surface area contributed by atoms with E-state index in [1.165, 1.54) is 24.4 Å². The SMILES string of the molecule is CCOC(=O)c1cccc(C(F)(F)F)c1.NC(=O)c1cccnc1Cl. The molecule has 1 heterocycles. The molecule has 1 aromatic carbocycles. The van der Waals surface area contributed by atoms with Gasteiger partial charge in [-0.25, -0.2) is 9.78 Å². The minimum atomic E-state index is -4.44. The molecule has 1 aromatic heterocycles. The molecular formula is C16H14ClF3N2O3. The number of amides is 1. The van der Waals surface area contributed by atoms with Gasteiger partial charge in [0.1, 0.15) is 5.15 Å². The molecule has 0 aliphatic carbocycles. The van der Waals surface area contributed by atoms with E-state index in [0.29, 0.717) is 0 Å². The smallest absolute Gasteiger partial charge is 0.416 e. The number of ether oxygens (including phenoxy) is 1. The molecule has 2 N–H and O–H groups in total. The number of carbonyl (C=O) groups excluding carboxylic acids is 2. The first kappa shape index (κ1) is 20.4. The Kier molecular flexibility index (Phi) is 7.38. The van der Waals surface area contributed by atoms with E-state index in [9.17, 15) is 22.8 Å². The van der Waals surface area contributed by atoms with Crippen LogP contribution in [-0.4, -0.2) is 23.5 Å². The van der Waals surface area contributed by atoms with Gasteiger partial charge in [0.15, 0.2) is 0 Å².